The molecule has 2 aromatic rings. The van der Waals surface area contributed by atoms with Gasteiger partial charge in [-0.2, -0.15) is 0 Å². The Morgan fingerprint density at radius 2 is 2.17 bits per heavy atom. The molecule has 124 valence electrons. The van der Waals surface area contributed by atoms with E-state index >= 15 is 0 Å². The van der Waals surface area contributed by atoms with Crippen molar-refractivity contribution in [2.24, 2.45) is 0 Å². The quantitative estimate of drug-likeness (QED) is 0.727. The molecular formula is C13H15N3O6S. The molecule has 23 heavy (non-hydrogen) atoms. The second-order valence-electron chi connectivity index (χ2n) is 5.36. The zero-order valence-corrected chi connectivity index (χ0v) is 13.1. The van der Waals surface area contributed by atoms with E-state index in [4.69, 9.17) is 4.74 Å². The van der Waals surface area contributed by atoms with Crippen LogP contribution in [0.1, 0.15) is 29.7 Å². The molecule has 1 fully saturated rings. The number of ether oxygens (including phenoxy) is 1. The van der Waals surface area contributed by atoms with Gasteiger partial charge in [-0.3, -0.25) is 14.7 Å². The number of carbonyl (C=O) groups excluding carboxylic acids is 1. The van der Waals surface area contributed by atoms with E-state index < -0.39 is 33.0 Å². The number of aromatic nitrogens is 3. The second-order valence-corrected chi connectivity index (χ2v) is 7.59. The fraction of sp³-hybridized carbons (Fsp3) is 0.462. The normalized spacial score (nSPS) is 20.0. The molecule has 0 radical (unpaired) electrons. The lowest BCUT2D eigenvalue weighted by Gasteiger charge is -2.07. The first-order valence-electron chi connectivity index (χ1n) is 7.07. The van der Waals surface area contributed by atoms with Gasteiger partial charge in [-0.05, 0) is 13.3 Å². The third-order valence-electron chi connectivity index (χ3n) is 3.78. The zero-order chi connectivity index (χ0) is 16.8. The predicted octanol–water partition coefficient (Wildman–Crippen LogP) is -0.446. The minimum Gasteiger partial charge on any atom is -0.462 e. The summed E-state index contributed by atoms with van der Waals surface area (Å²) in [7, 11) is -3.18. The van der Waals surface area contributed by atoms with Crippen LogP contribution >= 0.6 is 0 Å². The molecule has 1 aliphatic heterocycles. The highest BCUT2D eigenvalue weighted by atomic mass is 32.2. The lowest BCUT2D eigenvalue weighted by molar-refractivity contribution is 0.0528. The standard InChI is InChI=1S/C13H15N3O6S/c1-2-22-13(19)8-5-9(17)14-11-10(8)12(18)16(15-11)7-3-4-23(20,21)6-7/h5,7H,2-4,6H2,1H3,(H2,14,15,17). The van der Waals surface area contributed by atoms with Gasteiger partial charge < -0.3 is 9.72 Å². The highest BCUT2D eigenvalue weighted by Gasteiger charge is 2.32. The molecule has 0 saturated carbocycles. The van der Waals surface area contributed by atoms with Crippen molar-refractivity contribution in [3.63, 3.8) is 0 Å². The topological polar surface area (TPSA) is 131 Å². The lowest BCUT2D eigenvalue weighted by atomic mass is 10.2. The molecule has 9 nitrogen and oxygen atoms in total. The fourth-order valence-corrected chi connectivity index (χ4v) is 4.46. The summed E-state index contributed by atoms with van der Waals surface area (Å²) in [4.78, 5) is 38.6. The van der Waals surface area contributed by atoms with Gasteiger partial charge in [-0.15, -0.1) is 0 Å². The summed E-state index contributed by atoms with van der Waals surface area (Å²) in [5.41, 5.74) is -1.17. The van der Waals surface area contributed by atoms with E-state index in [2.05, 4.69) is 10.1 Å². The molecule has 2 N–H and O–H groups in total. The number of nitrogens with zero attached hydrogens (tertiary/aromatic N) is 1. The minimum absolute atomic E-state index is 0.000720. The maximum Gasteiger partial charge on any atom is 0.339 e. The van der Waals surface area contributed by atoms with Crippen molar-refractivity contribution < 1.29 is 17.9 Å². The molecule has 1 aliphatic rings. The fourth-order valence-electron chi connectivity index (χ4n) is 2.76. The molecule has 3 rings (SSSR count). The monoisotopic (exact) mass is 341 g/mol. The number of hydrogen-bond acceptors (Lipinski definition) is 6. The number of carbonyl (C=O) groups is 1. The summed E-state index contributed by atoms with van der Waals surface area (Å²) in [6.07, 6.45) is 0.300. The average molecular weight is 341 g/mol. The molecule has 0 bridgehead atoms. The Morgan fingerprint density at radius 3 is 2.78 bits per heavy atom. The molecule has 0 spiro atoms. The summed E-state index contributed by atoms with van der Waals surface area (Å²) in [5.74, 6) is -0.926. The summed E-state index contributed by atoms with van der Waals surface area (Å²) in [6, 6.07) is 0.462. The van der Waals surface area contributed by atoms with E-state index in [9.17, 15) is 22.8 Å². The average Bonchev–Trinajstić information content (AvgIpc) is 2.98. The van der Waals surface area contributed by atoms with Crippen LogP contribution in [0.2, 0.25) is 0 Å². The van der Waals surface area contributed by atoms with Crippen molar-refractivity contribution in [3.8, 4) is 0 Å². The smallest absolute Gasteiger partial charge is 0.339 e. The molecule has 1 unspecified atom stereocenters. The number of H-pyrrole nitrogens is 2. The van der Waals surface area contributed by atoms with Crippen LogP contribution < -0.4 is 11.1 Å². The molecule has 3 heterocycles. The number of hydrogen-bond donors (Lipinski definition) is 2. The largest absolute Gasteiger partial charge is 0.462 e. The lowest BCUT2D eigenvalue weighted by Crippen LogP contribution is -2.24. The first kappa shape index (κ1) is 15.5. The van der Waals surface area contributed by atoms with Crippen LogP contribution in [0.4, 0.5) is 0 Å². The molecule has 1 saturated heterocycles. The Morgan fingerprint density at radius 1 is 1.43 bits per heavy atom. The van der Waals surface area contributed by atoms with Crippen LogP contribution in [0.15, 0.2) is 15.7 Å². The van der Waals surface area contributed by atoms with Gasteiger partial charge in [0, 0.05) is 6.07 Å². The molecule has 0 aromatic carbocycles. The maximum absolute atomic E-state index is 12.6. The zero-order valence-electron chi connectivity index (χ0n) is 12.3. The van der Waals surface area contributed by atoms with Crippen LogP contribution in [0.5, 0.6) is 0 Å². The maximum atomic E-state index is 12.6. The van der Waals surface area contributed by atoms with Crippen molar-refractivity contribution in [1.82, 2.24) is 14.8 Å². The van der Waals surface area contributed by atoms with Crippen LogP contribution in [0.3, 0.4) is 0 Å². The minimum atomic E-state index is -3.18. The van der Waals surface area contributed by atoms with E-state index in [1.807, 2.05) is 0 Å². The Hall–Kier alpha value is -2.36. The number of rotatable bonds is 3. The van der Waals surface area contributed by atoms with E-state index in [0.29, 0.717) is 6.42 Å². The van der Waals surface area contributed by atoms with Gasteiger partial charge in [0.2, 0.25) is 5.56 Å². The van der Waals surface area contributed by atoms with Crippen molar-refractivity contribution in [2.75, 3.05) is 18.1 Å². The summed E-state index contributed by atoms with van der Waals surface area (Å²) in [6.45, 7) is 1.72. The van der Waals surface area contributed by atoms with Crippen molar-refractivity contribution in [3.05, 3.63) is 32.3 Å². The third kappa shape index (κ3) is 2.69. The molecular weight excluding hydrogens is 326 g/mol. The SMILES string of the molecule is CCOC(=O)c1cc(=O)[nH]c2[nH]n(C3CCS(=O)(=O)C3)c(=O)c12. The first-order valence-corrected chi connectivity index (χ1v) is 8.89. The van der Waals surface area contributed by atoms with Crippen molar-refractivity contribution in [2.45, 2.75) is 19.4 Å². The van der Waals surface area contributed by atoms with E-state index in [0.717, 1.165) is 10.7 Å². The van der Waals surface area contributed by atoms with Gasteiger partial charge in [0.05, 0.1) is 35.1 Å². The number of fused-ring (bicyclic) bond motifs is 1. The van der Waals surface area contributed by atoms with E-state index in [1.54, 1.807) is 6.92 Å². The van der Waals surface area contributed by atoms with Crippen LogP contribution in [-0.4, -0.2) is 47.3 Å². The van der Waals surface area contributed by atoms with Crippen LogP contribution in [-0.2, 0) is 14.6 Å². The Bertz CT molecular complexity index is 997. The number of esters is 1. The summed E-state index contributed by atoms with van der Waals surface area (Å²) >= 11 is 0. The second kappa shape index (κ2) is 5.37. The van der Waals surface area contributed by atoms with Crippen molar-refractivity contribution >= 4 is 26.8 Å². The number of pyridine rings is 1. The Kier molecular flexibility index (Phi) is 3.63. The van der Waals surface area contributed by atoms with E-state index in [1.165, 1.54) is 0 Å². The molecule has 2 aromatic heterocycles. The number of sulfone groups is 1. The van der Waals surface area contributed by atoms with Crippen molar-refractivity contribution in [1.29, 1.82) is 0 Å². The molecule has 0 aliphatic carbocycles. The highest BCUT2D eigenvalue weighted by Crippen LogP contribution is 2.23. The van der Waals surface area contributed by atoms with Gasteiger partial charge in [-0.25, -0.2) is 17.9 Å². The Balaban J connectivity index is 2.19. The predicted molar refractivity (Wildman–Crippen MR) is 81.4 cm³/mol. The van der Waals surface area contributed by atoms with Crippen LogP contribution in [0, 0.1) is 0 Å². The molecule has 1 atom stereocenters. The molecule has 0 amide bonds. The van der Waals surface area contributed by atoms with E-state index in [-0.39, 0.29) is 34.7 Å². The summed E-state index contributed by atoms with van der Waals surface area (Å²) in [5, 5.41) is 2.69. The molecule has 10 heteroatoms. The number of nitrogens with one attached hydrogen (secondary N) is 2. The highest BCUT2D eigenvalue weighted by molar-refractivity contribution is 7.91. The van der Waals surface area contributed by atoms with Gasteiger partial charge in [0.15, 0.2) is 9.84 Å². The third-order valence-corrected chi connectivity index (χ3v) is 5.53. The van der Waals surface area contributed by atoms with Gasteiger partial charge >= 0.3 is 5.97 Å². The number of aromatic amines is 2. The van der Waals surface area contributed by atoms with Gasteiger partial charge in [0.1, 0.15) is 5.65 Å². The van der Waals surface area contributed by atoms with Crippen LogP contribution in [0.25, 0.3) is 11.0 Å². The first-order chi connectivity index (χ1) is 10.8. The summed E-state index contributed by atoms with van der Waals surface area (Å²) < 4.78 is 29.2. The Labute approximate surface area is 130 Å². The van der Waals surface area contributed by atoms with Gasteiger partial charge in [-0.1, -0.05) is 0 Å². The van der Waals surface area contributed by atoms with Gasteiger partial charge in [0.25, 0.3) is 5.56 Å².